The fraction of sp³-hybridized carbons (Fsp3) is 0.250. The van der Waals surface area contributed by atoms with E-state index in [4.69, 9.17) is 0 Å². The summed E-state index contributed by atoms with van der Waals surface area (Å²) in [6.45, 7) is 0.696. The van der Waals surface area contributed by atoms with E-state index in [1.165, 1.54) is 16.7 Å². The lowest BCUT2D eigenvalue weighted by Gasteiger charge is -2.10. The van der Waals surface area contributed by atoms with Crippen molar-refractivity contribution in [3.63, 3.8) is 0 Å². The van der Waals surface area contributed by atoms with E-state index < -0.39 is 0 Å². The van der Waals surface area contributed by atoms with Gasteiger partial charge in [-0.05, 0) is 36.0 Å². The summed E-state index contributed by atoms with van der Waals surface area (Å²) < 4.78 is 0. The molecule has 0 saturated heterocycles. The van der Waals surface area contributed by atoms with Gasteiger partial charge in [0.1, 0.15) is 11.9 Å². The van der Waals surface area contributed by atoms with Crippen LogP contribution >= 0.6 is 0 Å². The second kappa shape index (κ2) is 5.11. The number of hydrogen-bond acceptors (Lipinski definition) is 3. The largest absolute Gasteiger partial charge is 0.365 e. The number of aromatic nitrogens is 1. The van der Waals surface area contributed by atoms with Gasteiger partial charge < -0.3 is 5.32 Å². The summed E-state index contributed by atoms with van der Waals surface area (Å²) in [6, 6.07) is 12.5. The topological polar surface area (TPSA) is 48.7 Å². The number of aryl methyl sites for hydroxylation is 1. The van der Waals surface area contributed by atoms with Crippen molar-refractivity contribution in [2.75, 3.05) is 5.32 Å². The molecule has 0 saturated carbocycles. The van der Waals surface area contributed by atoms with E-state index in [0.29, 0.717) is 12.4 Å². The second-order valence-electron chi connectivity index (χ2n) is 4.79. The predicted octanol–water partition coefficient (Wildman–Crippen LogP) is 3.05. The summed E-state index contributed by atoms with van der Waals surface area (Å²) >= 11 is 0. The van der Waals surface area contributed by atoms with E-state index in [0.717, 1.165) is 24.8 Å². The molecule has 3 heteroatoms. The molecule has 19 heavy (non-hydrogen) atoms. The van der Waals surface area contributed by atoms with Crippen LogP contribution in [0.2, 0.25) is 0 Å². The number of hydrogen-bond donors (Lipinski definition) is 1. The lowest BCUT2D eigenvalue weighted by atomic mass is 10.1. The molecule has 0 atom stereocenters. The van der Waals surface area contributed by atoms with Crippen molar-refractivity contribution >= 4 is 5.82 Å². The van der Waals surface area contributed by atoms with Crippen LogP contribution in [-0.4, -0.2) is 4.98 Å². The molecule has 1 aromatic carbocycles. The highest BCUT2D eigenvalue weighted by Gasteiger charge is 2.18. The molecule has 1 aliphatic rings. The van der Waals surface area contributed by atoms with Crippen molar-refractivity contribution in [2.24, 2.45) is 0 Å². The molecule has 0 bridgehead atoms. The molecule has 1 N–H and O–H groups in total. The standard InChI is InChI=1S/C16H15N3/c17-9-15-14-8-4-7-13(14)11-19-16(15)18-10-12-5-2-1-3-6-12/h1-3,5-6,11H,4,7-8,10H2,(H,18,19). The number of rotatable bonds is 3. The Morgan fingerprint density at radius 3 is 2.84 bits per heavy atom. The van der Waals surface area contributed by atoms with Crippen LogP contribution in [0.15, 0.2) is 36.5 Å². The highest BCUT2D eigenvalue weighted by Crippen LogP contribution is 2.28. The number of benzene rings is 1. The Hall–Kier alpha value is -2.34. The third-order valence-electron chi connectivity index (χ3n) is 3.56. The van der Waals surface area contributed by atoms with Gasteiger partial charge in [-0.2, -0.15) is 5.26 Å². The van der Waals surface area contributed by atoms with Gasteiger partial charge in [0.15, 0.2) is 0 Å². The molecule has 0 amide bonds. The smallest absolute Gasteiger partial charge is 0.144 e. The van der Waals surface area contributed by atoms with Crippen LogP contribution in [0, 0.1) is 11.3 Å². The quantitative estimate of drug-likeness (QED) is 0.909. The van der Waals surface area contributed by atoms with Gasteiger partial charge in [-0.15, -0.1) is 0 Å². The van der Waals surface area contributed by atoms with Crippen molar-refractivity contribution in [3.8, 4) is 6.07 Å². The molecule has 3 nitrogen and oxygen atoms in total. The maximum absolute atomic E-state index is 9.35. The van der Waals surface area contributed by atoms with Gasteiger partial charge in [-0.1, -0.05) is 30.3 Å². The summed E-state index contributed by atoms with van der Waals surface area (Å²) in [7, 11) is 0. The van der Waals surface area contributed by atoms with Gasteiger partial charge >= 0.3 is 0 Å². The summed E-state index contributed by atoms with van der Waals surface area (Å²) in [5.41, 5.74) is 4.34. The highest BCUT2D eigenvalue weighted by atomic mass is 15.0. The van der Waals surface area contributed by atoms with Gasteiger partial charge in [0.05, 0.1) is 5.56 Å². The first-order valence-corrected chi connectivity index (χ1v) is 6.57. The number of fused-ring (bicyclic) bond motifs is 1. The Balaban J connectivity index is 1.84. The number of anilines is 1. The minimum atomic E-state index is 0.696. The zero-order valence-corrected chi connectivity index (χ0v) is 10.7. The van der Waals surface area contributed by atoms with Crippen LogP contribution in [-0.2, 0) is 19.4 Å². The van der Waals surface area contributed by atoms with Gasteiger partial charge in [0.25, 0.3) is 0 Å². The number of nitriles is 1. The number of nitrogens with one attached hydrogen (secondary N) is 1. The van der Waals surface area contributed by atoms with Crippen LogP contribution in [0.4, 0.5) is 5.82 Å². The van der Waals surface area contributed by atoms with Crippen LogP contribution in [0.3, 0.4) is 0 Å². The number of nitrogens with zero attached hydrogens (tertiary/aromatic N) is 2. The Labute approximate surface area is 112 Å². The normalized spacial score (nSPS) is 12.8. The first-order valence-electron chi connectivity index (χ1n) is 6.57. The van der Waals surface area contributed by atoms with Crippen molar-refractivity contribution in [3.05, 3.63) is 58.8 Å². The Morgan fingerprint density at radius 2 is 2.05 bits per heavy atom. The molecule has 1 heterocycles. The maximum atomic E-state index is 9.35. The first kappa shape index (κ1) is 11.7. The fourth-order valence-corrected chi connectivity index (χ4v) is 2.58. The van der Waals surface area contributed by atoms with Crippen LogP contribution in [0.5, 0.6) is 0 Å². The molecule has 2 aromatic rings. The first-order chi connectivity index (χ1) is 9.38. The molecule has 0 radical (unpaired) electrons. The maximum Gasteiger partial charge on any atom is 0.144 e. The van der Waals surface area contributed by atoms with Gasteiger partial charge in [-0.3, -0.25) is 0 Å². The zero-order valence-electron chi connectivity index (χ0n) is 10.7. The van der Waals surface area contributed by atoms with Crippen LogP contribution < -0.4 is 5.32 Å². The fourth-order valence-electron chi connectivity index (χ4n) is 2.58. The van der Waals surface area contributed by atoms with E-state index in [2.05, 4.69) is 28.5 Å². The second-order valence-corrected chi connectivity index (χ2v) is 4.79. The third kappa shape index (κ3) is 2.30. The van der Waals surface area contributed by atoms with E-state index in [9.17, 15) is 5.26 Å². The molecule has 1 aliphatic carbocycles. The summed E-state index contributed by atoms with van der Waals surface area (Å²) in [5.74, 6) is 0.715. The van der Waals surface area contributed by atoms with Crippen molar-refractivity contribution in [2.45, 2.75) is 25.8 Å². The minimum absolute atomic E-state index is 0.696. The average Bonchev–Trinajstić information content (AvgIpc) is 2.94. The van der Waals surface area contributed by atoms with E-state index in [1.807, 2.05) is 24.4 Å². The molecular weight excluding hydrogens is 234 g/mol. The molecule has 1 aromatic heterocycles. The third-order valence-corrected chi connectivity index (χ3v) is 3.56. The van der Waals surface area contributed by atoms with E-state index in [-0.39, 0.29) is 0 Å². The monoisotopic (exact) mass is 249 g/mol. The lowest BCUT2D eigenvalue weighted by Crippen LogP contribution is -2.05. The molecule has 0 aliphatic heterocycles. The van der Waals surface area contributed by atoms with Crippen molar-refractivity contribution in [1.29, 1.82) is 5.26 Å². The predicted molar refractivity (Wildman–Crippen MR) is 74.7 cm³/mol. The number of pyridine rings is 1. The zero-order chi connectivity index (χ0) is 13.1. The molecule has 0 fully saturated rings. The van der Waals surface area contributed by atoms with Crippen LogP contribution in [0.25, 0.3) is 0 Å². The summed E-state index contributed by atoms with van der Waals surface area (Å²) in [6.07, 6.45) is 5.10. The van der Waals surface area contributed by atoms with Crippen LogP contribution in [0.1, 0.15) is 28.7 Å². The van der Waals surface area contributed by atoms with Crippen molar-refractivity contribution in [1.82, 2.24) is 4.98 Å². The summed E-state index contributed by atoms with van der Waals surface area (Å²) in [4.78, 5) is 4.40. The Morgan fingerprint density at radius 1 is 1.21 bits per heavy atom. The molecular formula is C16H15N3. The molecule has 0 spiro atoms. The van der Waals surface area contributed by atoms with Gasteiger partial charge in [-0.25, -0.2) is 4.98 Å². The van der Waals surface area contributed by atoms with E-state index >= 15 is 0 Å². The SMILES string of the molecule is N#Cc1c(NCc2ccccc2)ncc2c1CCC2. The molecule has 0 unspecified atom stereocenters. The molecule has 94 valence electrons. The minimum Gasteiger partial charge on any atom is -0.365 e. The van der Waals surface area contributed by atoms with Crippen molar-refractivity contribution < 1.29 is 0 Å². The summed E-state index contributed by atoms with van der Waals surface area (Å²) in [5, 5.41) is 12.6. The Bertz CT molecular complexity index is 626. The lowest BCUT2D eigenvalue weighted by molar-refractivity contribution is 0.910. The molecule has 3 rings (SSSR count). The Kier molecular flexibility index (Phi) is 3.16. The van der Waals surface area contributed by atoms with Gasteiger partial charge in [0, 0.05) is 12.7 Å². The van der Waals surface area contributed by atoms with Gasteiger partial charge in [0.2, 0.25) is 0 Å². The van der Waals surface area contributed by atoms with E-state index in [1.54, 1.807) is 0 Å². The average molecular weight is 249 g/mol. The highest BCUT2D eigenvalue weighted by molar-refractivity contribution is 5.59.